The van der Waals surface area contributed by atoms with Crippen molar-refractivity contribution in [1.82, 2.24) is 0 Å². The summed E-state index contributed by atoms with van der Waals surface area (Å²) in [5.74, 6) is -0.977. The van der Waals surface area contributed by atoms with Gasteiger partial charge in [0.15, 0.2) is 0 Å². The van der Waals surface area contributed by atoms with Crippen LogP contribution >= 0.6 is 0 Å². The number of aliphatic carboxylic acids is 1. The van der Waals surface area contributed by atoms with E-state index in [4.69, 9.17) is 5.11 Å². The number of carboxylic acids is 1. The summed E-state index contributed by atoms with van der Waals surface area (Å²) in [5, 5.41) is 23.0. The highest BCUT2D eigenvalue weighted by atomic mass is 16.6. The maximum absolute atomic E-state index is 11.0. The smallest absolute Gasteiger partial charge is 0.305 e. The zero-order chi connectivity index (χ0) is 15.2. The van der Waals surface area contributed by atoms with Crippen LogP contribution in [0.5, 0.6) is 0 Å². The number of anilines is 1. The van der Waals surface area contributed by atoms with Crippen LogP contribution in [0.1, 0.15) is 18.0 Å². The van der Waals surface area contributed by atoms with E-state index in [1.54, 1.807) is 42.5 Å². The summed E-state index contributed by atoms with van der Waals surface area (Å²) >= 11 is 0. The predicted molar refractivity (Wildman–Crippen MR) is 78.2 cm³/mol. The van der Waals surface area contributed by atoms with Crippen LogP contribution < -0.4 is 5.32 Å². The number of hydrogen-bond donors (Lipinski definition) is 2. The summed E-state index contributed by atoms with van der Waals surface area (Å²) in [7, 11) is 0. The van der Waals surface area contributed by atoms with Gasteiger partial charge >= 0.3 is 5.97 Å². The molecule has 108 valence electrons. The van der Waals surface area contributed by atoms with Crippen molar-refractivity contribution < 1.29 is 14.8 Å². The quantitative estimate of drug-likeness (QED) is 0.628. The first kappa shape index (κ1) is 14.5. The summed E-state index contributed by atoms with van der Waals surface area (Å²) in [5.41, 5.74) is 0.986. The molecule has 0 aliphatic heterocycles. The van der Waals surface area contributed by atoms with E-state index in [1.165, 1.54) is 6.07 Å². The largest absolute Gasteiger partial charge is 0.481 e. The molecule has 0 aliphatic rings. The number of rotatable bonds is 6. The van der Waals surface area contributed by atoms with E-state index in [0.717, 1.165) is 5.56 Å². The number of benzene rings is 2. The van der Waals surface area contributed by atoms with E-state index in [9.17, 15) is 14.9 Å². The van der Waals surface area contributed by atoms with Crippen LogP contribution in [0.25, 0.3) is 0 Å². The van der Waals surface area contributed by atoms with Crippen LogP contribution in [0.3, 0.4) is 0 Å². The number of carboxylic acid groups (broad SMARTS) is 1. The monoisotopic (exact) mass is 286 g/mol. The number of nitrogens with one attached hydrogen (secondary N) is 1. The Bertz CT molecular complexity index is 643. The second kappa shape index (κ2) is 6.51. The molecule has 0 bridgehead atoms. The molecule has 0 spiro atoms. The normalized spacial score (nSPS) is 11.6. The number of nitro groups is 1. The van der Waals surface area contributed by atoms with Crippen LogP contribution in [-0.2, 0) is 4.79 Å². The zero-order valence-corrected chi connectivity index (χ0v) is 11.1. The maximum atomic E-state index is 11.0. The Morgan fingerprint density at radius 1 is 1.14 bits per heavy atom. The molecule has 0 saturated heterocycles. The van der Waals surface area contributed by atoms with Gasteiger partial charge in [0.2, 0.25) is 0 Å². The summed E-state index contributed by atoms with van der Waals surface area (Å²) in [4.78, 5) is 21.5. The van der Waals surface area contributed by atoms with E-state index in [1.807, 2.05) is 6.07 Å². The third-order valence-electron chi connectivity index (χ3n) is 3.01. The van der Waals surface area contributed by atoms with Gasteiger partial charge in [0.1, 0.15) is 5.69 Å². The minimum absolute atomic E-state index is 0.0798. The molecule has 2 aromatic rings. The highest BCUT2D eigenvalue weighted by molar-refractivity contribution is 5.70. The lowest BCUT2D eigenvalue weighted by Crippen LogP contribution is -2.15. The molecule has 6 nitrogen and oxygen atoms in total. The minimum atomic E-state index is -0.977. The van der Waals surface area contributed by atoms with Gasteiger partial charge < -0.3 is 10.4 Å². The van der Waals surface area contributed by atoms with Gasteiger partial charge in [-0.25, -0.2) is 0 Å². The van der Waals surface area contributed by atoms with Crippen LogP contribution in [0, 0.1) is 10.1 Å². The molecule has 0 heterocycles. The minimum Gasteiger partial charge on any atom is -0.481 e. The third-order valence-corrected chi connectivity index (χ3v) is 3.01. The fourth-order valence-electron chi connectivity index (χ4n) is 2.05. The zero-order valence-electron chi connectivity index (χ0n) is 11.1. The molecule has 0 unspecified atom stereocenters. The molecule has 0 fully saturated rings. The van der Waals surface area contributed by atoms with Crippen molar-refractivity contribution in [3.63, 3.8) is 0 Å². The summed E-state index contributed by atoms with van der Waals surface area (Å²) in [6, 6.07) is 14.6. The highest BCUT2D eigenvalue weighted by Crippen LogP contribution is 2.29. The van der Waals surface area contributed by atoms with Gasteiger partial charge in [-0.15, -0.1) is 0 Å². The topological polar surface area (TPSA) is 92.5 Å². The Morgan fingerprint density at radius 3 is 2.38 bits per heavy atom. The van der Waals surface area contributed by atoms with Crippen molar-refractivity contribution in [2.45, 2.75) is 12.5 Å². The summed E-state index contributed by atoms with van der Waals surface area (Å²) < 4.78 is 0. The van der Waals surface area contributed by atoms with Gasteiger partial charge in [-0.05, 0) is 11.6 Å². The Balaban J connectivity index is 2.32. The molecule has 2 aromatic carbocycles. The number of nitrogens with zero attached hydrogens (tertiary/aromatic N) is 1. The number of carbonyl (C=O) groups is 1. The van der Waals surface area contributed by atoms with Crippen LogP contribution in [-0.4, -0.2) is 16.0 Å². The van der Waals surface area contributed by atoms with E-state index >= 15 is 0 Å². The van der Waals surface area contributed by atoms with E-state index in [-0.39, 0.29) is 12.1 Å². The molecule has 0 saturated carbocycles. The molecule has 0 aromatic heterocycles. The molecule has 2 rings (SSSR count). The van der Waals surface area contributed by atoms with Gasteiger partial charge in [0, 0.05) is 6.07 Å². The molecular formula is C15H14N2O4. The van der Waals surface area contributed by atoms with Crippen LogP contribution in [0.4, 0.5) is 11.4 Å². The second-order valence-electron chi connectivity index (χ2n) is 4.48. The molecule has 0 amide bonds. The van der Waals surface area contributed by atoms with Crippen molar-refractivity contribution >= 4 is 17.3 Å². The molecule has 0 aliphatic carbocycles. The first-order valence-corrected chi connectivity index (χ1v) is 6.34. The van der Waals surface area contributed by atoms with Crippen molar-refractivity contribution in [1.29, 1.82) is 0 Å². The van der Waals surface area contributed by atoms with Crippen molar-refractivity contribution in [3.8, 4) is 0 Å². The van der Waals surface area contributed by atoms with Gasteiger partial charge in [-0.3, -0.25) is 14.9 Å². The molecule has 1 atom stereocenters. The third kappa shape index (κ3) is 3.79. The van der Waals surface area contributed by atoms with E-state index < -0.39 is 16.9 Å². The molecule has 6 heteroatoms. The summed E-state index contributed by atoms with van der Waals surface area (Å²) in [6.45, 7) is 0. The standard InChI is InChI=1S/C15H14N2O4/c18-15(19)10-13(11-6-2-1-3-7-11)16-12-8-4-5-9-14(12)17(20)21/h1-9,13,16H,10H2,(H,18,19)/t13-/m1/s1. The lowest BCUT2D eigenvalue weighted by molar-refractivity contribution is -0.384. The number of nitro benzene ring substituents is 1. The number of hydrogen-bond acceptors (Lipinski definition) is 4. The lowest BCUT2D eigenvalue weighted by atomic mass is 10.0. The van der Waals surface area contributed by atoms with Gasteiger partial charge in [0.25, 0.3) is 5.69 Å². The Morgan fingerprint density at radius 2 is 1.76 bits per heavy atom. The second-order valence-corrected chi connectivity index (χ2v) is 4.48. The molecule has 21 heavy (non-hydrogen) atoms. The van der Waals surface area contributed by atoms with Crippen LogP contribution in [0.15, 0.2) is 54.6 Å². The van der Waals surface area contributed by atoms with Crippen molar-refractivity contribution in [2.75, 3.05) is 5.32 Å². The van der Waals surface area contributed by atoms with Gasteiger partial charge in [0.05, 0.1) is 17.4 Å². The van der Waals surface area contributed by atoms with E-state index in [2.05, 4.69) is 5.32 Å². The lowest BCUT2D eigenvalue weighted by Gasteiger charge is -2.18. The fourth-order valence-corrected chi connectivity index (χ4v) is 2.05. The van der Waals surface area contributed by atoms with Gasteiger partial charge in [-0.2, -0.15) is 0 Å². The average molecular weight is 286 g/mol. The Hall–Kier alpha value is -2.89. The predicted octanol–water partition coefficient (Wildman–Crippen LogP) is 3.22. The molecule has 0 radical (unpaired) electrons. The maximum Gasteiger partial charge on any atom is 0.305 e. The first-order valence-electron chi connectivity index (χ1n) is 6.34. The fraction of sp³-hybridized carbons (Fsp3) is 0.133. The highest BCUT2D eigenvalue weighted by Gasteiger charge is 2.19. The van der Waals surface area contributed by atoms with Crippen molar-refractivity contribution in [3.05, 3.63) is 70.3 Å². The SMILES string of the molecule is O=C(O)C[C@@H](Nc1ccccc1[N+](=O)[O-])c1ccccc1. The average Bonchev–Trinajstić information content (AvgIpc) is 2.47. The Labute approximate surface area is 121 Å². The number of para-hydroxylation sites is 2. The molecular weight excluding hydrogens is 272 g/mol. The summed E-state index contributed by atoms with van der Waals surface area (Å²) in [6.07, 6.45) is -0.171. The van der Waals surface area contributed by atoms with E-state index in [0.29, 0.717) is 5.69 Å². The molecule has 2 N–H and O–H groups in total. The van der Waals surface area contributed by atoms with Crippen LogP contribution in [0.2, 0.25) is 0 Å². The first-order chi connectivity index (χ1) is 10.1. The van der Waals surface area contributed by atoms with Gasteiger partial charge in [-0.1, -0.05) is 42.5 Å². The Kier molecular flexibility index (Phi) is 4.50. The van der Waals surface area contributed by atoms with Crippen molar-refractivity contribution in [2.24, 2.45) is 0 Å².